The van der Waals surface area contributed by atoms with Crippen LogP contribution in [0.3, 0.4) is 0 Å². The molecule has 1 amide bonds. The van der Waals surface area contributed by atoms with Gasteiger partial charge >= 0.3 is 0 Å². The largest absolute Gasteiger partial charge is 0.337 e. The second-order valence-electron chi connectivity index (χ2n) is 5.64. The Bertz CT molecular complexity index is 594. The Morgan fingerprint density at radius 1 is 1.23 bits per heavy atom. The van der Waals surface area contributed by atoms with Crippen LogP contribution in [0.25, 0.3) is 0 Å². The topological polar surface area (TPSA) is 46.3 Å². The van der Waals surface area contributed by atoms with Crippen molar-refractivity contribution in [1.82, 2.24) is 4.90 Å². The predicted octanol–water partition coefficient (Wildman–Crippen LogP) is 3.22. The summed E-state index contributed by atoms with van der Waals surface area (Å²) in [5.41, 5.74) is 6.92. The van der Waals surface area contributed by atoms with Crippen molar-refractivity contribution in [2.24, 2.45) is 11.7 Å². The van der Waals surface area contributed by atoms with Crippen LogP contribution in [-0.4, -0.2) is 23.9 Å². The molecule has 1 aromatic carbocycles. The van der Waals surface area contributed by atoms with Crippen LogP contribution in [0.4, 0.5) is 0 Å². The van der Waals surface area contributed by atoms with Crippen LogP contribution in [0.15, 0.2) is 42.5 Å². The van der Waals surface area contributed by atoms with E-state index in [0.29, 0.717) is 13.1 Å². The summed E-state index contributed by atoms with van der Waals surface area (Å²) in [5.74, 6) is 0.0151. The quantitative estimate of drug-likeness (QED) is 0.852. The third-order valence-electron chi connectivity index (χ3n) is 3.74. The summed E-state index contributed by atoms with van der Waals surface area (Å²) in [4.78, 5) is 17.0. The van der Waals surface area contributed by atoms with Crippen LogP contribution in [0, 0.1) is 12.8 Å². The van der Waals surface area contributed by atoms with Gasteiger partial charge in [-0.05, 0) is 31.0 Å². The first-order chi connectivity index (χ1) is 10.6. The molecule has 1 atom stereocenters. The Balaban J connectivity index is 2.05. The van der Waals surface area contributed by atoms with Crippen LogP contribution in [0.5, 0.6) is 0 Å². The lowest BCUT2D eigenvalue weighted by atomic mass is 10.1. The van der Waals surface area contributed by atoms with Crippen molar-refractivity contribution in [3.63, 3.8) is 0 Å². The molecule has 0 fully saturated rings. The van der Waals surface area contributed by atoms with Gasteiger partial charge in [0.15, 0.2) is 0 Å². The maximum absolute atomic E-state index is 12.6. The fourth-order valence-corrected chi connectivity index (χ4v) is 3.25. The van der Waals surface area contributed by atoms with Gasteiger partial charge in [0.25, 0.3) is 0 Å². The first-order valence-corrected chi connectivity index (χ1v) is 8.50. The van der Waals surface area contributed by atoms with Crippen molar-refractivity contribution in [2.45, 2.75) is 26.8 Å². The molecule has 0 radical (unpaired) electrons. The fourth-order valence-electron chi connectivity index (χ4n) is 2.35. The Kier molecular flexibility index (Phi) is 6.16. The lowest BCUT2D eigenvalue weighted by Gasteiger charge is -2.25. The van der Waals surface area contributed by atoms with E-state index in [1.54, 1.807) is 11.3 Å². The number of thiophene rings is 1. The Labute approximate surface area is 136 Å². The van der Waals surface area contributed by atoms with E-state index < -0.39 is 0 Å². The third-order valence-corrected chi connectivity index (χ3v) is 4.73. The number of aryl methyl sites for hydroxylation is 1. The summed E-state index contributed by atoms with van der Waals surface area (Å²) in [6.07, 6.45) is 0.869. The molecule has 3 nitrogen and oxygen atoms in total. The summed E-state index contributed by atoms with van der Waals surface area (Å²) in [6, 6.07) is 14.5. The van der Waals surface area contributed by atoms with Crippen molar-refractivity contribution in [3.05, 3.63) is 57.8 Å². The van der Waals surface area contributed by atoms with Crippen molar-refractivity contribution in [3.8, 4) is 0 Å². The van der Waals surface area contributed by atoms with Crippen LogP contribution < -0.4 is 5.73 Å². The molecule has 4 heteroatoms. The number of hydrogen-bond acceptors (Lipinski definition) is 3. The van der Waals surface area contributed by atoms with E-state index in [1.165, 1.54) is 15.3 Å². The zero-order valence-corrected chi connectivity index (χ0v) is 14.1. The highest BCUT2D eigenvalue weighted by molar-refractivity contribution is 7.11. The van der Waals surface area contributed by atoms with Crippen LogP contribution in [0.2, 0.25) is 0 Å². The highest BCUT2D eigenvalue weighted by Crippen LogP contribution is 2.18. The third kappa shape index (κ3) is 4.68. The molecule has 0 aliphatic carbocycles. The molecule has 0 saturated heterocycles. The molecule has 1 unspecified atom stereocenters. The summed E-state index contributed by atoms with van der Waals surface area (Å²) in [5, 5.41) is 0. The number of carbonyl (C=O) groups excluding carboxylic acids is 1. The lowest BCUT2D eigenvalue weighted by Crippen LogP contribution is -2.38. The SMILES string of the molecule is Cc1ccc(CN(CCc2ccccc2)C(=O)C(C)CN)s1. The average molecular weight is 316 g/mol. The average Bonchev–Trinajstić information content (AvgIpc) is 2.96. The molecule has 118 valence electrons. The van der Waals surface area contributed by atoms with E-state index in [0.717, 1.165) is 13.0 Å². The minimum Gasteiger partial charge on any atom is -0.337 e. The molecular weight excluding hydrogens is 292 g/mol. The number of rotatable bonds is 7. The highest BCUT2D eigenvalue weighted by atomic mass is 32.1. The molecule has 2 N–H and O–H groups in total. The van der Waals surface area contributed by atoms with Gasteiger partial charge in [-0.2, -0.15) is 0 Å². The Hall–Kier alpha value is -1.65. The van der Waals surface area contributed by atoms with Crippen molar-refractivity contribution in [2.75, 3.05) is 13.1 Å². The maximum Gasteiger partial charge on any atom is 0.227 e. The number of amides is 1. The molecule has 0 spiro atoms. The Morgan fingerprint density at radius 3 is 2.55 bits per heavy atom. The van der Waals surface area contributed by atoms with Gasteiger partial charge in [0.1, 0.15) is 0 Å². The highest BCUT2D eigenvalue weighted by Gasteiger charge is 2.20. The first-order valence-electron chi connectivity index (χ1n) is 7.68. The normalized spacial score (nSPS) is 12.1. The van der Waals surface area contributed by atoms with E-state index in [1.807, 2.05) is 30.0 Å². The standard InChI is InChI=1S/C18H24N2OS/c1-14(12-19)18(21)20(13-17-9-8-15(2)22-17)11-10-16-6-4-3-5-7-16/h3-9,14H,10-13,19H2,1-2H3. The monoisotopic (exact) mass is 316 g/mol. The smallest absolute Gasteiger partial charge is 0.227 e. The van der Waals surface area contributed by atoms with E-state index in [4.69, 9.17) is 5.73 Å². The molecule has 0 saturated carbocycles. The van der Waals surface area contributed by atoms with E-state index in [-0.39, 0.29) is 11.8 Å². The molecule has 0 aliphatic heterocycles. The van der Waals surface area contributed by atoms with Gasteiger partial charge in [-0.25, -0.2) is 0 Å². The van der Waals surface area contributed by atoms with E-state index in [9.17, 15) is 4.79 Å². The molecular formula is C18H24N2OS. The maximum atomic E-state index is 12.6. The number of carbonyl (C=O) groups is 1. The summed E-state index contributed by atoms with van der Waals surface area (Å²) >= 11 is 1.75. The first kappa shape index (κ1) is 16.7. The van der Waals surface area contributed by atoms with Gasteiger partial charge in [-0.15, -0.1) is 11.3 Å². The van der Waals surface area contributed by atoms with Crippen LogP contribution >= 0.6 is 11.3 Å². The van der Waals surface area contributed by atoms with E-state index >= 15 is 0 Å². The number of nitrogens with zero attached hydrogens (tertiary/aromatic N) is 1. The zero-order chi connectivity index (χ0) is 15.9. The van der Waals surface area contributed by atoms with Crippen molar-refractivity contribution >= 4 is 17.2 Å². The predicted molar refractivity (Wildman–Crippen MR) is 92.8 cm³/mol. The molecule has 0 aliphatic rings. The van der Waals surface area contributed by atoms with Crippen molar-refractivity contribution < 1.29 is 4.79 Å². The molecule has 2 rings (SSSR count). The summed E-state index contributed by atoms with van der Waals surface area (Å²) in [7, 11) is 0. The van der Waals surface area contributed by atoms with Gasteiger partial charge in [0, 0.05) is 28.8 Å². The van der Waals surface area contributed by atoms with Crippen LogP contribution in [0.1, 0.15) is 22.2 Å². The Morgan fingerprint density at radius 2 is 1.95 bits per heavy atom. The molecule has 1 aromatic heterocycles. The van der Waals surface area contributed by atoms with Crippen molar-refractivity contribution in [1.29, 1.82) is 0 Å². The van der Waals surface area contributed by atoms with Gasteiger partial charge in [-0.3, -0.25) is 4.79 Å². The number of benzene rings is 1. The number of hydrogen-bond donors (Lipinski definition) is 1. The fraction of sp³-hybridized carbons (Fsp3) is 0.389. The van der Waals surface area contributed by atoms with Gasteiger partial charge in [0.05, 0.1) is 6.54 Å². The van der Waals surface area contributed by atoms with Gasteiger partial charge < -0.3 is 10.6 Å². The van der Waals surface area contributed by atoms with Crippen LogP contribution in [-0.2, 0) is 17.8 Å². The number of nitrogens with two attached hydrogens (primary N) is 1. The minimum atomic E-state index is -0.128. The van der Waals surface area contributed by atoms with Gasteiger partial charge in [0.2, 0.25) is 5.91 Å². The second-order valence-corrected chi connectivity index (χ2v) is 7.02. The second kappa shape index (κ2) is 8.11. The van der Waals surface area contributed by atoms with E-state index in [2.05, 4.69) is 31.2 Å². The zero-order valence-electron chi connectivity index (χ0n) is 13.3. The summed E-state index contributed by atoms with van der Waals surface area (Å²) < 4.78 is 0. The lowest BCUT2D eigenvalue weighted by molar-refractivity contribution is -0.135. The molecule has 2 aromatic rings. The molecule has 22 heavy (non-hydrogen) atoms. The molecule has 1 heterocycles. The van der Waals surface area contributed by atoms with Gasteiger partial charge in [-0.1, -0.05) is 37.3 Å². The molecule has 0 bridgehead atoms. The minimum absolute atomic E-state index is 0.128. The summed E-state index contributed by atoms with van der Waals surface area (Å²) in [6.45, 7) is 5.78.